The van der Waals surface area contributed by atoms with Gasteiger partial charge in [0.2, 0.25) is 0 Å². The lowest BCUT2D eigenvalue weighted by Crippen LogP contribution is -2.13. The molecule has 2 rings (SSSR count). The molecule has 0 saturated carbocycles. The third-order valence-corrected chi connectivity index (χ3v) is 2.96. The van der Waals surface area contributed by atoms with E-state index in [-0.39, 0.29) is 18.3 Å². The zero-order valence-electron chi connectivity index (χ0n) is 9.32. The molecule has 1 aromatic carbocycles. The van der Waals surface area contributed by atoms with Crippen LogP contribution in [0.3, 0.4) is 0 Å². The molecule has 1 aliphatic carbocycles. The van der Waals surface area contributed by atoms with E-state index in [1.807, 2.05) is 0 Å². The summed E-state index contributed by atoms with van der Waals surface area (Å²) in [5.74, 6) is 0.810. The summed E-state index contributed by atoms with van der Waals surface area (Å²) in [4.78, 5) is 12.0. The maximum absolute atomic E-state index is 12.0. The number of methoxy groups -OCH3 is 2. The number of hydrogen-bond donors (Lipinski definition) is 1. The Morgan fingerprint density at radius 1 is 1.31 bits per heavy atom. The van der Waals surface area contributed by atoms with Crippen LogP contribution >= 0.6 is 0 Å². The van der Waals surface area contributed by atoms with Gasteiger partial charge in [0.15, 0.2) is 5.78 Å². The molecule has 0 radical (unpaired) electrons. The Bertz CT molecular complexity index is 425. The van der Waals surface area contributed by atoms with E-state index < -0.39 is 0 Å². The Kier molecular flexibility index (Phi) is 2.83. The lowest BCUT2D eigenvalue weighted by molar-refractivity contribution is 0.0881. The first-order valence-corrected chi connectivity index (χ1v) is 5.11. The number of hydrogen-bond acceptors (Lipinski definition) is 4. The maximum atomic E-state index is 12.0. The number of aliphatic hydroxyl groups excluding tert-OH is 1. The quantitative estimate of drug-likeness (QED) is 0.830. The van der Waals surface area contributed by atoms with Gasteiger partial charge in [-0.3, -0.25) is 4.79 Å². The molecule has 0 aromatic heterocycles. The highest BCUT2D eigenvalue weighted by molar-refractivity contribution is 6.05. The average Bonchev–Trinajstić information content (AvgIpc) is 2.66. The molecule has 4 nitrogen and oxygen atoms in total. The third-order valence-electron chi connectivity index (χ3n) is 2.96. The van der Waals surface area contributed by atoms with E-state index in [0.717, 1.165) is 5.56 Å². The Morgan fingerprint density at radius 3 is 2.50 bits per heavy atom. The smallest absolute Gasteiger partial charge is 0.172 e. The lowest BCUT2D eigenvalue weighted by atomic mass is 10.1. The monoisotopic (exact) mass is 222 g/mol. The van der Waals surface area contributed by atoms with Crippen molar-refractivity contribution in [3.8, 4) is 11.5 Å². The van der Waals surface area contributed by atoms with Gasteiger partial charge in [0.1, 0.15) is 11.5 Å². The second-order valence-corrected chi connectivity index (χ2v) is 3.77. The Hall–Kier alpha value is -1.55. The number of benzene rings is 1. The van der Waals surface area contributed by atoms with E-state index in [1.165, 1.54) is 7.11 Å². The minimum absolute atomic E-state index is 0.0618. The first kappa shape index (κ1) is 11.0. The Labute approximate surface area is 93.8 Å². The van der Waals surface area contributed by atoms with Crippen molar-refractivity contribution in [2.45, 2.75) is 6.42 Å². The number of ketones is 1. The fourth-order valence-electron chi connectivity index (χ4n) is 2.13. The molecule has 0 fully saturated rings. The third kappa shape index (κ3) is 1.46. The second kappa shape index (κ2) is 4.14. The number of rotatable bonds is 3. The van der Waals surface area contributed by atoms with E-state index >= 15 is 0 Å². The van der Waals surface area contributed by atoms with Crippen molar-refractivity contribution in [2.75, 3.05) is 20.8 Å². The normalized spacial score (nSPS) is 18.4. The summed E-state index contributed by atoms with van der Waals surface area (Å²) >= 11 is 0. The van der Waals surface area contributed by atoms with Gasteiger partial charge in [0.25, 0.3) is 0 Å². The molecule has 1 aliphatic rings. The summed E-state index contributed by atoms with van der Waals surface area (Å²) < 4.78 is 10.4. The van der Waals surface area contributed by atoms with Crippen LogP contribution < -0.4 is 9.47 Å². The van der Waals surface area contributed by atoms with Crippen molar-refractivity contribution in [2.24, 2.45) is 5.92 Å². The van der Waals surface area contributed by atoms with Gasteiger partial charge >= 0.3 is 0 Å². The number of ether oxygens (including phenoxy) is 2. The highest BCUT2D eigenvalue weighted by atomic mass is 16.5. The Balaban J connectivity index is 2.56. The van der Waals surface area contributed by atoms with Gasteiger partial charge in [-0.2, -0.15) is 0 Å². The van der Waals surface area contributed by atoms with Crippen molar-refractivity contribution in [3.63, 3.8) is 0 Å². The van der Waals surface area contributed by atoms with Crippen LogP contribution in [0.25, 0.3) is 0 Å². The predicted octanol–water partition coefficient (Wildman–Crippen LogP) is 1.05. The standard InChI is InChI=1S/C12H14O4/c1-15-9-3-4-10(16-2)11-8(9)5-7(6-13)12(11)14/h3-4,7,13H,5-6H2,1-2H3/t7-/m0/s1. The molecule has 86 valence electrons. The molecule has 0 heterocycles. The van der Waals surface area contributed by atoms with Crippen molar-refractivity contribution in [1.29, 1.82) is 0 Å². The first-order chi connectivity index (χ1) is 7.72. The van der Waals surface area contributed by atoms with Crippen LogP contribution in [0.5, 0.6) is 11.5 Å². The van der Waals surface area contributed by atoms with E-state index in [1.54, 1.807) is 19.2 Å². The van der Waals surface area contributed by atoms with Gasteiger partial charge in [-0.05, 0) is 18.6 Å². The van der Waals surface area contributed by atoms with Gasteiger partial charge in [-0.25, -0.2) is 0 Å². The molecule has 0 aliphatic heterocycles. The van der Waals surface area contributed by atoms with Gasteiger partial charge in [-0.1, -0.05) is 0 Å². The fraction of sp³-hybridized carbons (Fsp3) is 0.417. The van der Waals surface area contributed by atoms with Crippen LogP contribution in [-0.4, -0.2) is 31.7 Å². The molecule has 0 amide bonds. The molecule has 0 unspecified atom stereocenters. The molecular weight excluding hydrogens is 208 g/mol. The summed E-state index contributed by atoms with van der Waals surface area (Å²) in [6.07, 6.45) is 0.519. The van der Waals surface area contributed by atoms with Crippen molar-refractivity contribution in [3.05, 3.63) is 23.3 Å². The number of carbonyl (C=O) groups is 1. The van der Waals surface area contributed by atoms with E-state index in [0.29, 0.717) is 23.5 Å². The number of carbonyl (C=O) groups excluding carboxylic acids is 1. The lowest BCUT2D eigenvalue weighted by Gasteiger charge is -2.09. The molecule has 4 heteroatoms. The highest BCUT2D eigenvalue weighted by Gasteiger charge is 2.35. The SMILES string of the molecule is COc1ccc(OC)c2c1C[C@@H](CO)C2=O. The van der Waals surface area contributed by atoms with Crippen LogP contribution in [0.1, 0.15) is 15.9 Å². The summed E-state index contributed by atoms with van der Waals surface area (Å²) in [5, 5.41) is 9.13. The first-order valence-electron chi connectivity index (χ1n) is 5.11. The summed E-state index contributed by atoms with van der Waals surface area (Å²) in [7, 11) is 3.10. The molecule has 1 aromatic rings. The van der Waals surface area contributed by atoms with E-state index in [4.69, 9.17) is 14.6 Å². The molecule has 0 saturated heterocycles. The Morgan fingerprint density at radius 2 is 1.94 bits per heavy atom. The largest absolute Gasteiger partial charge is 0.496 e. The van der Waals surface area contributed by atoms with Crippen LogP contribution in [0.15, 0.2) is 12.1 Å². The van der Waals surface area contributed by atoms with Crippen LogP contribution in [-0.2, 0) is 6.42 Å². The van der Waals surface area contributed by atoms with Crippen molar-refractivity contribution in [1.82, 2.24) is 0 Å². The van der Waals surface area contributed by atoms with Gasteiger partial charge in [0, 0.05) is 11.5 Å². The van der Waals surface area contributed by atoms with Crippen molar-refractivity contribution >= 4 is 5.78 Å². The van der Waals surface area contributed by atoms with Crippen molar-refractivity contribution < 1.29 is 19.4 Å². The predicted molar refractivity (Wildman–Crippen MR) is 58.2 cm³/mol. The molecular formula is C12H14O4. The minimum Gasteiger partial charge on any atom is -0.496 e. The maximum Gasteiger partial charge on any atom is 0.172 e. The van der Waals surface area contributed by atoms with Gasteiger partial charge in [0.05, 0.1) is 26.4 Å². The molecule has 0 bridgehead atoms. The second-order valence-electron chi connectivity index (χ2n) is 3.77. The highest BCUT2D eigenvalue weighted by Crippen LogP contribution is 2.39. The molecule has 0 spiro atoms. The van der Waals surface area contributed by atoms with Crippen LogP contribution in [0.4, 0.5) is 0 Å². The summed E-state index contributed by atoms with van der Waals surface area (Å²) in [6, 6.07) is 3.50. The number of fused-ring (bicyclic) bond motifs is 1. The minimum atomic E-state index is -0.361. The zero-order valence-corrected chi connectivity index (χ0v) is 9.32. The number of aliphatic hydroxyl groups is 1. The van der Waals surface area contributed by atoms with E-state index in [9.17, 15) is 4.79 Å². The zero-order chi connectivity index (χ0) is 11.7. The fourth-order valence-corrected chi connectivity index (χ4v) is 2.13. The molecule has 1 N–H and O–H groups in total. The van der Waals surface area contributed by atoms with Crippen LogP contribution in [0, 0.1) is 5.92 Å². The van der Waals surface area contributed by atoms with Gasteiger partial charge in [-0.15, -0.1) is 0 Å². The topological polar surface area (TPSA) is 55.8 Å². The summed E-state index contributed by atoms with van der Waals surface area (Å²) in [5.41, 5.74) is 1.40. The van der Waals surface area contributed by atoms with Crippen LogP contribution in [0.2, 0.25) is 0 Å². The molecule has 1 atom stereocenters. The average molecular weight is 222 g/mol. The molecule has 16 heavy (non-hydrogen) atoms. The van der Waals surface area contributed by atoms with E-state index in [2.05, 4.69) is 0 Å². The number of Topliss-reactive ketones (excluding diaryl/α,β-unsaturated/α-hetero) is 1. The van der Waals surface area contributed by atoms with Gasteiger partial charge < -0.3 is 14.6 Å². The summed E-state index contributed by atoms with van der Waals surface area (Å²) in [6.45, 7) is -0.139.